The predicted octanol–water partition coefficient (Wildman–Crippen LogP) is 5.12. The zero-order chi connectivity index (χ0) is 19.2. The van der Waals surface area contributed by atoms with Gasteiger partial charge in [0.05, 0.1) is 5.25 Å². The van der Waals surface area contributed by atoms with E-state index in [1.54, 1.807) is 4.90 Å². The van der Waals surface area contributed by atoms with Crippen molar-refractivity contribution in [3.8, 4) is 0 Å². The van der Waals surface area contributed by atoms with Crippen LogP contribution in [0.25, 0.3) is 0 Å². The summed E-state index contributed by atoms with van der Waals surface area (Å²) in [6, 6.07) is 17.8. The average molecular weight is 399 g/mol. The summed E-state index contributed by atoms with van der Waals surface area (Å²) in [6.45, 7) is 6.57. The van der Waals surface area contributed by atoms with Crippen molar-refractivity contribution >= 4 is 45.5 Å². The number of amides is 1. The third kappa shape index (κ3) is 5.08. The summed E-state index contributed by atoms with van der Waals surface area (Å²) in [5, 5.41) is 12.1. The lowest BCUT2D eigenvalue weighted by Crippen LogP contribution is -2.36. The van der Waals surface area contributed by atoms with Gasteiger partial charge in [0.25, 0.3) is 0 Å². The van der Waals surface area contributed by atoms with Crippen molar-refractivity contribution in [2.24, 2.45) is 0 Å². The molecule has 5 nitrogen and oxygen atoms in total. The number of carbonyl (C=O) groups is 1. The van der Waals surface area contributed by atoms with Gasteiger partial charge in [-0.2, -0.15) is 0 Å². The van der Waals surface area contributed by atoms with Gasteiger partial charge < -0.3 is 10.2 Å². The molecule has 0 saturated heterocycles. The normalized spacial score (nSPS) is 11.8. The molecule has 1 N–H and O–H groups in total. The van der Waals surface area contributed by atoms with Gasteiger partial charge in [-0.15, -0.1) is 10.2 Å². The SMILES string of the molecule is CCN(C(=O)[C@@H](C)Sc1nnc(Nc2ccc(C)cc2)s1)c1ccccc1. The minimum absolute atomic E-state index is 0.0666. The molecular weight excluding hydrogens is 376 g/mol. The fourth-order valence-electron chi connectivity index (χ4n) is 2.56. The summed E-state index contributed by atoms with van der Waals surface area (Å²) in [4.78, 5) is 14.7. The molecule has 7 heteroatoms. The Hall–Kier alpha value is -2.38. The first kappa shape index (κ1) is 19.4. The molecule has 3 aromatic rings. The smallest absolute Gasteiger partial charge is 0.240 e. The van der Waals surface area contributed by atoms with E-state index in [2.05, 4.69) is 22.4 Å². The Labute approximate surface area is 167 Å². The fourth-order valence-corrected chi connectivity index (χ4v) is 4.54. The maximum absolute atomic E-state index is 12.9. The van der Waals surface area contributed by atoms with Crippen LogP contribution in [0.2, 0.25) is 0 Å². The lowest BCUT2D eigenvalue weighted by atomic mass is 10.2. The Bertz CT molecular complexity index is 881. The summed E-state index contributed by atoms with van der Waals surface area (Å²) in [7, 11) is 0. The van der Waals surface area contributed by atoms with Crippen LogP contribution in [0.15, 0.2) is 58.9 Å². The molecule has 0 saturated carbocycles. The van der Waals surface area contributed by atoms with Crippen molar-refractivity contribution in [2.75, 3.05) is 16.8 Å². The molecule has 0 fully saturated rings. The monoisotopic (exact) mass is 398 g/mol. The number of para-hydroxylation sites is 1. The van der Waals surface area contributed by atoms with E-state index in [0.717, 1.165) is 20.8 Å². The zero-order valence-corrected chi connectivity index (χ0v) is 17.2. The van der Waals surface area contributed by atoms with E-state index >= 15 is 0 Å². The molecule has 0 radical (unpaired) electrons. The van der Waals surface area contributed by atoms with Crippen molar-refractivity contribution in [3.05, 3.63) is 60.2 Å². The van der Waals surface area contributed by atoms with Crippen molar-refractivity contribution < 1.29 is 4.79 Å². The molecule has 1 aromatic heterocycles. The lowest BCUT2D eigenvalue weighted by Gasteiger charge is -2.23. The van der Waals surface area contributed by atoms with Gasteiger partial charge in [-0.3, -0.25) is 4.79 Å². The molecule has 2 aromatic carbocycles. The molecule has 3 rings (SSSR count). The Morgan fingerprint density at radius 3 is 2.52 bits per heavy atom. The van der Waals surface area contributed by atoms with E-state index < -0.39 is 0 Å². The summed E-state index contributed by atoms with van der Waals surface area (Å²) in [5.74, 6) is 0.0666. The largest absolute Gasteiger partial charge is 0.330 e. The Balaban J connectivity index is 1.63. The second kappa shape index (κ2) is 9.01. The first-order valence-electron chi connectivity index (χ1n) is 8.77. The highest BCUT2D eigenvalue weighted by molar-refractivity contribution is 8.02. The van der Waals surface area contributed by atoms with Gasteiger partial charge in [-0.05, 0) is 45.0 Å². The van der Waals surface area contributed by atoms with Gasteiger partial charge in [-0.25, -0.2) is 0 Å². The van der Waals surface area contributed by atoms with Gasteiger partial charge in [-0.1, -0.05) is 59.0 Å². The van der Waals surface area contributed by atoms with Gasteiger partial charge in [0.1, 0.15) is 0 Å². The molecule has 1 atom stereocenters. The average Bonchev–Trinajstić information content (AvgIpc) is 3.12. The first-order chi connectivity index (χ1) is 13.1. The molecule has 0 spiro atoms. The molecule has 0 bridgehead atoms. The molecule has 0 unspecified atom stereocenters. The van der Waals surface area contributed by atoms with Crippen molar-refractivity contribution in [1.29, 1.82) is 0 Å². The van der Waals surface area contributed by atoms with Crippen LogP contribution in [0, 0.1) is 6.92 Å². The highest BCUT2D eigenvalue weighted by Crippen LogP contribution is 2.31. The number of carbonyl (C=O) groups excluding carboxylic acids is 1. The second-order valence-electron chi connectivity index (χ2n) is 6.04. The number of aryl methyl sites for hydroxylation is 1. The fraction of sp³-hybridized carbons (Fsp3) is 0.250. The minimum atomic E-state index is -0.245. The summed E-state index contributed by atoms with van der Waals surface area (Å²) >= 11 is 2.89. The van der Waals surface area contributed by atoms with E-state index in [9.17, 15) is 4.79 Å². The van der Waals surface area contributed by atoms with Crippen LogP contribution in [-0.2, 0) is 4.79 Å². The van der Waals surface area contributed by atoms with Crippen LogP contribution in [0.3, 0.4) is 0 Å². The van der Waals surface area contributed by atoms with Crippen molar-refractivity contribution in [1.82, 2.24) is 10.2 Å². The first-order valence-corrected chi connectivity index (χ1v) is 10.5. The zero-order valence-electron chi connectivity index (χ0n) is 15.5. The van der Waals surface area contributed by atoms with Crippen LogP contribution >= 0.6 is 23.1 Å². The molecule has 0 aliphatic rings. The van der Waals surface area contributed by atoms with E-state index in [1.807, 2.05) is 68.4 Å². The standard InChI is InChI=1S/C20H22N4OS2/c1-4-24(17-8-6-5-7-9-17)18(25)15(3)26-20-23-22-19(27-20)21-16-12-10-14(2)11-13-16/h5-13,15H,4H2,1-3H3,(H,21,22)/t15-/m1/s1. The number of nitrogens with one attached hydrogen (secondary N) is 1. The van der Waals surface area contributed by atoms with Gasteiger partial charge in [0.15, 0.2) is 4.34 Å². The number of benzene rings is 2. The number of hydrogen-bond acceptors (Lipinski definition) is 6. The third-order valence-corrected chi connectivity index (χ3v) is 6.00. The second-order valence-corrected chi connectivity index (χ2v) is 8.61. The maximum atomic E-state index is 12.9. The lowest BCUT2D eigenvalue weighted by molar-refractivity contribution is -0.117. The third-order valence-electron chi connectivity index (χ3n) is 3.98. The maximum Gasteiger partial charge on any atom is 0.240 e. The van der Waals surface area contributed by atoms with Gasteiger partial charge in [0.2, 0.25) is 11.0 Å². The molecule has 140 valence electrons. The Morgan fingerprint density at radius 2 is 1.85 bits per heavy atom. The highest BCUT2D eigenvalue weighted by Gasteiger charge is 2.23. The molecule has 1 amide bonds. The van der Waals surface area contributed by atoms with Crippen LogP contribution in [-0.4, -0.2) is 27.9 Å². The van der Waals surface area contributed by atoms with E-state index in [4.69, 9.17) is 0 Å². The predicted molar refractivity (Wildman–Crippen MR) is 114 cm³/mol. The minimum Gasteiger partial charge on any atom is -0.330 e. The molecular formula is C20H22N4OS2. The molecule has 0 aliphatic heterocycles. The van der Waals surface area contributed by atoms with Crippen LogP contribution in [0.4, 0.5) is 16.5 Å². The summed E-state index contributed by atoms with van der Waals surface area (Å²) in [5.41, 5.74) is 3.09. The summed E-state index contributed by atoms with van der Waals surface area (Å²) < 4.78 is 0.773. The molecule has 1 heterocycles. The van der Waals surface area contributed by atoms with Crippen LogP contribution in [0.5, 0.6) is 0 Å². The molecule has 27 heavy (non-hydrogen) atoms. The number of anilines is 3. The van der Waals surface area contributed by atoms with E-state index in [-0.39, 0.29) is 11.2 Å². The van der Waals surface area contributed by atoms with Gasteiger partial charge >= 0.3 is 0 Å². The number of hydrogen-bond donors (Lipinski definition) is 1. The number of rotatable bonds is 7. The van der Waals surface area contributed by atoms with Crippen molar-refractivity contribution in [2.45, 2.75) is 30.4 Å². The number of aromatic nitrogens is 2. The van der Waals surface area contributed by atoms with Gasteiger partial charge in [0, 0.05) is 17.9 Å². The molecule has 0 aliphatic carbocycles. The Kier molecular flexibility index (Phi) is 6.47. The quantitative estimate of drug-likeness (QED) is 0.560. The van der Waals surface area contributed by atoms with E-state index in [1.165, 1.54) is 28.7 Å². The summed E-state index contributed by atoms with van der Waals surface area (Å²) in [6.07, 6.45) is 0. The number of nitrogens with zero attached hydrogens (tertiary/aromatic N) is 3. The topological polar surface area (TPSA) is 58.1 Å². The van der Waals surface area contributed by atoms with E-state index in [0.29, 0.717) is 6.54 Å². The Morgan fingerprint density at radius 1 is 1.15 bits per heavy atom. The van der Waals surface area contributed by atoms with Crippen LogP contribution in [0.1, 0.15) is 19.4 Å². The van der Waals surface area contributed by atoms with Crippen molar-refractivity contribution in [3.63, 3.8) is 0 Å². The van der Waals surface area contributed by atoms with Crippen LogP contribution < -0.4 is 10.2 Å². The number of thioether (sulfide) groups is 1. The highest BCUT2D eigenvalue weighted by atomic mass is 32.2.